The molecule has 0 saturated heterocycles. The summed E-state index contributed by atoms with van der Waals surface area (Å²) in [5.41, 5.74) is 1.53. The smallest absolute Gasteiger partial charge is 0.273 e. The van der Waals surface area contributed by atoms with E-state index >= 15 is 0 Å². The summed E-state index contributed by atoms with van der Waals surface area (Å²) >= 11 is 0. The van der Waals surface area contributed by atoms with E-state index in [1.165, 1.54) is 24.3 Å². The summed E-state index contributed by atoms with van der Waals surface area (Å²) < 4.78 is 0. The summed E-state index contributed by atoms with van der Waals surface area (Å²) in [6.07, 6.45) is 0. The molecule has 0 aliphatic carbocycles. The van der Waals surface area contributed by atoms with Crippen LogP contribution in [-0.2, 0) is 0 Å². The molecule has 28 heavy (non-hydrogen) atoms. The second-order valence-electron chi connectivity index (χ2n) is 5.89. The Bertz CT molecular complexity index is 1110. The number of hydrogen-bond acceptors (Lipinski definition) is 7. The van der Waals surface area contributed by atoms with Gasteiger partial charge in [-0.05, 0) is 18.2 Å². The third kappa shape index (κ3) is 3.01. The second kappa shape index (κ2) is 6.80. The molecule has 0 amide bonds. The van der Waals surface area contributed by atoms with Gasteiger partial charge in [-0.25, -0.2) is 0 Å². The summed E-state index contributed by atoms with van der Waals surface area (Å²) in [6.45, 7) is 0. The number of nitrogens with zero attached hydrogens (tertiary/aromatic N) is 4. The molecule has 0 unspecified atom stereocenters. The number of rotatable bonds is 4. The molecule has 3 aromatic carbocycles. The molecule has 0 atom stereocenters. The average Bonchev–Trinajstić information content (AvgIpc) is 2.73. The molecule has 0 bridgehead atoms. The minimum absolute atomic E-state index is 0.0808. The van der Waals surface area contributed by atoms with E-state index < -0.39 is 9.85 Å². The predicted molar refractivity (Wildman–Crippen MR) is 102 cm³/mol. The molecule has 1 aliphatic heterocycles. The van der Waals surface area contributed by atoms with Gasteiger partial charge in [0.1, 0.15) is 0 Å². The van der Waals surface area contributed by atoms with Crippen LogP contribution in [0.2, 0.25) is 0 Å². The summed E-state index contributed by atoms with van der Waals surface area (Å²) in [5.74, 6) is 0.545. The molecular weight excluding hydrogens is 364 g/mol. The first-order chi connectivity index (χ1) is 13.5. The average molecular weight is 376 g/mol. The van der Waals surface area contributed by atoms with Gasteiger partial charge >= 0.3 is 0 Å². The van der Waals surface area contributed by atoms with Crippen molar-refractivity contribution in [2.75, 3.05) is 4.90 Å². The Morgan fingerprint density at radius 2 is 1.54 bits per heavy atom. The molecule has 0 aromatic heterocycles. The maximum atomic E-state index is 11.1. The van der Waals surface area contributed by atoms with Crippen LogP contribution >= 0.6 is 0 Å². The van der Waals surface area contributed by atoms with Gasteiger partial charge in [0.05, 0.1) is 21.6 Å². The Hall–Kier alpha value is -4.27. The first-order valence-electron chi connectivity index (χ1n) is 8.18. The third-order valence-electron chi connectivity index (χ3n) is 4.17. The molecule has 4 rings (SSSR count). The zero-order valence-electron chi connectivity index (χ0n) is 14.3. The highest BCUT2D eigenvalue weighted by Crippen LogP contribution is 2.40. The number of amidine groups is 1. The van der Waals surface area contributed by atoms with Crippen LogP contribution in [0.25, 0.3) is 0 Å². The summed E-state index contributed by atoms with van der Waals surface area (Å²) in [7, 11) is 0. The van der Waals surface area contributed by atoms with E-state index in [2.05, 4.69) is 5.16 Å². The van der Waals surface area contributed by atoms with E-state index in [1.54, 1.807) is 23.1 Å². The minimum Gasteiger partial charge on any atom is -0.352 e. The van der Waals surface area contributed by atoms with E-state index in [0.29, 0.717) is 17.1 Å². The number of fused-ring (bicyclic) bond motifs is 1. The molecule has 0 fully saturated rings. The van der Waals surface area contributed by atoms with Crippen LogP contribution in [0.4, 0.5) is 22.7 Å². The molecule has 0 spiro atoms. The standard InChI is InChI=1S/C19H12N4O5/c24-22(25)15-8-4-5-13(11-15)19-20-28-18-12-16(23(26)27)9-10-17(18)21(19)14-6-2-1-3-7-14/h1-12H. The van der Waals surface area contributed by atoms with Crippen LogP contribution in [-0.4, -0.2) is 15.7 Å². The Morgan fingerprint density at radius 1 is 0.821 bits per heavy atom. The monoisotopic (exact) mass is 376 g/mol. The Balaban J connectivity index is 1.88. The van der Waals surface area contributed by atoms with Gasteiger partial charge in [0.25, 0.3) is 11.4 Å². The Kier molecular flexibility index (Phi) is 4.17. The fourth-order valence-electron chi connectivity index (χ4n) is 2.90. The minimum atomic E-state index is -0.518. The molecule has 138 valence electrons. The molecule has 0 radical (unpaired) electrons. The fourth-order valence-corrected chi connectivity index (χ4v) is 2.90. The van der Waals surface area contributed by atoms with Crippen LogP contribution < -0.4 is 9.74 Å². The van der Waals surface area contributed by atoms with E-state index in [0.717, 1.165) is 5.69 Å². The quantitative estimate of drug-likeness (QED) is 0.493. The molecule has 9 nitrogen and oxygen atoms in total. The van der Waals surface area contributed by atoms with Crippen molar-refractivity contribution in [1.82, 2.24) is 0 Å². The molecule has 0 saturated carbocycles. The van der Waals surface area contributed by atoms with Gasteiger partial charge in [-0.2, -0.15) is 0 Å². The normalized spacial score (nSPS) is 12.6. The summed E-state index contributed by atoms with van der Waals surface area (Å²) in [6, 6.07) is 19.4. The number of oxime groups is 1. The van der Waals surface area contributed by atoms with Crippen molar-refractivity contribution < 1.29 is 14.7 Å². The lowest BCUT2D eigenvalue weighted by Gasteiger charge is -2.30. The van der Waals surface area contributed by atoms with Gasteiger partial charge in [-0.1, -0.05) is 35.5 Å². The number of anilines is 2. The van der Waals surface area contributed by atoms with E-state index in [-0.39, 0.29) is 17.1 Å². The molecule has 1 aliphatic rings. The number of nitro benzene ring substituents is 2. The van der Waals surface area contributed by atoms with Gasteiger partial charge < -0.3 is 4.84 Å². The lowest BCUT2D eigenvalue weighted by molar-refractivity contribution is -0.385. The van der Waals surface area contributed by atoms with E-state index in [1.807, 2.05) is 30.3 Å². The van der Waals surface area contributed by atoms with Gasteiger partial charge in [-0.3, -0.25) is 25.1 Å². The SMILES string of the molecule is O=[N+]([O-])c1cccc(C2=NOc3cc([N+](=O)[O-])ccc3N2c2ccccc2)c1. The van der Waals surface area contributed by atoms with E-state index in [9.17, 15) is 20.2 Å². The molecule has 9 heteroatoms. The molecule has 3 aromatic rings. The van der Waals surface area contributed by atoms with Crippen LogP contribution in [0, 0.1) is 20.2 Å². The van der Waals surface area contributed by atoms with Crippen LogP contribution in [0.1, 0.15) is 5.56 Å². The Labute approximate surface area is 158 Å². The lowest BCUT2D eigenvalue weighted by Crippen LogP contribution is -2.30. The molecule has 0 N–H and O–H groups in total. The maximum Gasteiger partial charge on any atom is 0.273 e. The van der Waals surface area contributed by atoms with Gasteiger partial charge in [0.15, 0.2) is 11.6 Å². The largest absolute Gasteiger partial charge is 0.352 e. The highest BCUT2D eigenvalue weighted by Gasteiger charge is 2.28. The van der Waals surface area contributed by atoms with Crippen molar-refractivity contribution in [2.24, 2.45) is 5.16 Å². The predicted octanol–water partition coefficient (Wildman–Crippen LogP) is 4.40. The van der Waals surface area contributed by atoms with Crippen molar-refractivity contribution in [3.63, 3.8) is 0 Å². The molecular formula is C19H12N4O5. The van der Waals surface area contributed by atoms with Crippen molar-refractivity contribution in [3.05, 3.63) is 98.6 Å². The zero-order valence-corrected chi connectivity index (χ0v) is 14.3. The van der Waals surface area contributed by atoms with Gasteiger partial charge in [0, 0.05) is 29.4 Å². The highest BCUT2D eigenvalue weighted by molar-refractivity contribution is 6.15. The van der Waals surface area contributed by atoms with Crippen molar-refractivity contribution >= 4 is 28.6 Å². The van der Waals surface area contributed by atoms with Crippen molar-refractivity contribution in [2.45, 2.75) is 0 Å². The lowest BCUT2D eigenvalue weighted by atomic mass is 10.1. The number of non-ortho nitro benzene ring substituents is 2. The van der Waals surface area contributed by atoms with Crippen LogP contribution in [0.3, 0.4) is 0 Å². The fraction of sp³-hybridized carbons (Fsp3) is 0. The number of hydrogen-bond donors (Lipinski definition) is 0. The number of para-hydroxylation sites is 1. The first kappa shape index (κ1) is 17.2. The summed E-state index contributed by atoms with van der Waals surface area (Å²) in [5, 5.41) is 26.3. The third-order valence-corrected chi connectivity index (χ3v) is 4.17. The van der Waals surface area contributed by atoms with Gasteiger partial charge in [0.2, 0.25) is 0 Å². The van der Waals surface area contributed by atoms with Gasteiger partial charge in [-0.15, -0.1) is 0 Å². The molecule has 1 heterocycles. The van der Waals surface area contributed by atoms with Crippen molar-refractivity contribution in [1.29, 1.82) is 0 Å². The number of nitro groups is 2. The first-order valence-corrected chi connectivity index (χ1v) is 8.18. The maximum absolute atomic E-state index is 11.1. The highest BCUT2D eigenvalue weighted by atomic mass is 16.6. The van der Waals surface area contributed by atoms with Crippen molar-refractivity contribution in [3.8, 4) is 5.75 Å². The Morgan fingerprint density at radius 3 is 2.25 bits per heavy atom. The van der Waals surface area contributed by atoms with E-state index in [4.69, 9.17) is 4.84 Å². The topological polar surface area (TPSA) is 111 Å². The number of benzene rings is 3. The zero-order chi connectivity index (χ0) is 19.7. The summed E-state index contributed by atoms with van der Waals surface area (Å²) in [4.78, 5) is 28.3. The van der Waals surface area contributed by atoms with Crippen LogP contribution in [0.5, 0.6) is 5.75 Å². The van der Waals surface area contributed by atoms with Crippen LogP contribution in [0.15, 0.2) is 78.0 Å². The second-order valence-corrected chi connectivity index (χ2v) is 5.89.